The molecule has 2 aromatic rings. The molecule has 1 aliphatic heterocycles. The monoisotopic (exact) mass is 594 g/mol. The molecule has 3 N–H and O–H groups in total. The van der Waals surface area contributed by atoms with Gasteiger partial charge in [0, 0.05) is 24.2 Å². The van der Waals surface area contributed by atoms with E-state index < -0.39 is 6.10 Å². The van der Waals surface area contributed by atoms with Crippen LogP contribution in [0, 0.1) is 25.6 Å². The Labute approximate surface area is 254 Å². The van der Waals surface area contributed by atoms with E-state index in [1.165, 1.54) is 13.5 Å². The maximum Gasteiger partial charge on any atom is 0.257 e. The number of aliphatic hydroxyl groups excluding tert-OH is 1. The number of methoxy groups -OCH3 is 1. The molecule has 43 heavy (non-hydrogen) atoms. The number of benzene rings is 1. The summed E-state index contributed by atoms with van der Waals surface area (Å²) >= 11 is 0. The van der Waals surface area contributed by atoms with Gasteiger partial charge in [-0.3, -0.25) is 9.59 Å². The highest BCUT2D eigenvalue weighted by atomic mass is 19.1. The number of amides is 1. The maximum absolute atomic E-state index is 14.5. The molecule has 2 heterocycles. The topological polar surface area (TPSA) is 112 Å². The van der Waals surface area contributed by atoms with Crippen LogP contribution in [0.3, 0.4) is 0 Å². The molecule has 1 fully saturated rings. The van der Waals surface area contributed by atoms with Gasteiger partial charge in [-0.15, -0.1) is 0 Å². The van der Waals surface area contributed by atoms with Crippen LogP contribution in [-0.2, 0) is 33.9 Å². The van der Waals surface area contributed by atoms with Crippen LogP contribution in [0.2, 0.25) is 0 Å². The van der Waals surface area contributed by atoms with Crippen molar-refractivity contribution >= 4 is 23.3 Å². The van der Waals surface area contributed by atoms with E-state index in [9.17, 15) is 23.9 Å². The Kier molecular flexibility index (Phi) is 12.2. The smallest absolute Gasteiger partial charge is 0.257 e. The third-order valence-electron chi connectivity index (χ3n) is 8.60. The van der Waals surface area contributed by atoms with Crippen LogP contribution in [0.1, 0.15) is 111 Å². The quantitative estimate of drug-likeness (QED) is 0.367. The van der Waals surface area contributed by atoms with Gasteiger partial charge in [0.2, 0.25) is 5.91 Å². The number of aromatic nitrogens is 1. The van der Waals surface area contributed by atoms with Gasteiger partial charge in [-0.2, -0.15) is 0 Å². The lowest BCUT2D eigenvalue weighted by Gasteiger charge is -2.26. The third kappa shape index (κ3) is 7.07. The summed E-state index contributed by atoms with van der Waals surface area (Å²) in [7, 11) is 1.48. The second kappa shape index (κ2) is 15.4. The molecule has 1 aromatic heterocycles. The van der Waals surface area contributed by atoms with Gasteiger partial charge in [-0.25, -0.2) is 4.39 Å². The van der Waals surface area contributed by atoms with E-state index in [-0.39, 0.29) is 29.8 Å². The average Bonchev–Trinajstić information content (AvgIpc) is 3.34. The summed E-state index contributed by atoms with van der Waals surface area (Å²) in [5, 5.41) is 10.4. The maximum atomic E-state index is 14.5. The van der Waals surface area contributed by atoms with Crippen molar-refractivity contribution in [3.05, 3.63) is 79.0 Å². The van der Waals surface area contributed by atoms with Gasteiger partial charge in [0.15, 0.2) is 6.29 Å². The summed E-state index contributed by atoms with van der Waals surface area (Å²) in [5.41, 5.74) is 13.0. The Morgan fingerprint density at radius 2 is 1.88 bits per heavy atom. The molecule has 234 valence electrons. The first-order valence-corrected chi connectivity index (χ1v) is 15.5. The van der Waals surface area contributed by atoms with Gasteiger partial charge < -0.3 is 24.9 Å². The molecule has 0 bridgehead atoms. The lowest BCUT2D eigenvalue weighted by molar-refractivity contribution is -0.124. The number of unbranched alkanes of at least 4 members (excludes halogenated alkanes) is 1. The van der Waals surface area contributed by atoms with E-state index in [2.05, 4.69) is 13.0 Å². The summed E-state index contributed by atoms with van der Waals surface area (Å²) in [4.78, 5) is 35.1. The van der Waals surface area contributed by atoms with E-state index in [1.54, 1.807) is 16.7 Å². The Balaban J connectivity index is 0.000000487. The largest absolute Gasteiger partial charge is 0.381 e. The van der Waals surface area contributed by atoms with Gasteiger partial charge in [0.05, 0.1) is 18.8 Å². The standard InChI is InChI=1S/C28H32FNO4.C5H9NO.C2H6/c1-5-6-8-19-22(20-10-7-9-18-17(3)24(29)11-16(2)27(18)20)13-30-25(19)12-21(26(32)14-31)23(15-34-4)28(30)33;6-5(7)4-2-1-3-4;1-2/h8,11-12,14,26,32H,5-7,9-10,13,15H2,1-4H3;4H,1-3H2,(H2,6,7);1-2H3/b19-8-,22-20-;;. The minimum atomic E-state index is -1.39. The molecular formula is C35H47FN2O5. The number of aldehydes is 1. The van der Waals surface area contributed by atoms with Crippen molar-refractivity contribution in [2.24, 2.45) is 11.7 Å². The number of hydrogen-bond donors (Lipinski definition) is 2. The van der Waals surface area contributed by atoms with Crippen molar-refractivity contribution in [2.45, 2.75) is 105 Å². The van der Waals surface area contributed by atoms with Crippen LogP contribution in [-0.4, -0.2) is 29.0 Å². The van der Waals surface area contributed by atoms with Gasteiger partial charge in [-0.05, 0) is 103 Å². The number of fused-ring (bicyclic) bond motifs is 2. The number of allylic oxidation sites excluding steroid dienone is 4. The van der Waals surface area contributed by atoms with Crippen LogP contribution in [0.15, 0.2) is 28.6 Å². The number of nitrogens with two attached hydrogens (primary N) is 1. The van der Waals surface area contributed by atoms with Crippen LogP contribution >= 0.6 is 0 Å². The van der Waals surface area contributed by atoms with E-state index in [1.807, 2.05) is 27.7 Å². The van der Waals surface area contributed by atoms with Crippen molar-refractivity contribution in [3.8, 4) is 0 Å². The summed E-state index contributed by atoms with van der Waals surface area (Å²) in [6.07, 6.45) is 8.82. The van der Waals surface area contributed by atoms with Gasteiger partial charge >= 0.3 is 0 Å². The highest BCUT2D eigenvalue weighted by molar-refractivity contribution is 5.92. The predicted molar refractivity (Wildman–Crippen MR) is 169 cm³/mol. The summed E-state index contributed by atoms with van der Waals surface area (Å²) in [6.45, 7) is 10.3. The zero-order chi connectivity index (χ0) is 31.8. The zero-order valence-electron chi connectivity index (χ0n) is 26.5. The van der Waals surface area contributed by atoms with Crippen LogP contribution in [0.25, 0.3) is 11.1 Å². The fourth-order valence-corrected chi connectivity index (χ4v) is 6.12. The molecule has 5 rings (SSSR count). The number of aliphatic hydroxyl groups is 1. The number of rotatable bonds is 7. The molecule has 1 unspecified atom stereocenters. The molecule has 1 aromatic carbocycles. The fraction of sp³-hybridized carbons (Fsp3) is 0.514. The molecular weight excluding hydrogens is 547 g/mol. The van der Waals surface area contributed by atoms with Crippen molar-refractivity contribution in [1.29, 1.82) is 0 Å². The van der Waals surface area contributed by atoms with E-state index in [0.29, 0.717) is 35.2 Å². The number of halogens is 1. The summed E-state index contributed by atoms with van der Waals surface area (Å²) < 4.78 is 21.5. The molecule has 8 heteroatoms. The molecule has 0 spiro atoms. The number of primary amides is 1. The van der Waals surface area contributed by atoms with Crippen molar-refractivity contribution in [3.63, 3.8) is 0 Å². The molecule has 2 aliphatic carbocycles. The fourth-order valence-electron chi connectivity index (χ4n) is 6.12. The second-order valence-corrected chi connectivity index (χ2v) is 11.3. The number of nitrogens with zero attached hydrogens (tertiary/aromatic N) is 1. The van der Waals surface area contributed by atoms with Gasteiger partial charge in [0.1, 0.15) is 11.9 Å². The van der Waals surface area contributed by atoms with Crippen LogP contribution < -0.4 is 11.3 Å². The molecule has 0 saturated heterocycles. The van der Waals surface area contributed by atoms with Crippen LogP contribution in [0.4, 0.5) is 4.39 Å². The SMILES string of the molecule is CC.CCC/C=C1/C(=C2/CCCc3c(C)c(F)cc(C)c32)Cn2c1cc(C(O)C=O)c(COC)c2=O.NC(=O)C1CCC1. The normalized spacial score (nSPS) is 18.8. The average molecular weight is 595 g/mol. The number of ether oxygens (including phenoxy) is 1. The number of pyridine rings is 1. The first-order valence-electron chi connectivity index (χ1n) is 15.5. The van der Waals surface area contributed by atoms with Gasteiger partial charge in [-0.1, -0.05) is 39.7 Å². The number of hydrogen-bond acceptors (Lipinski definition) is 5. The van der Waals surface area contributed by atoms with E-state index >= 15 is 0 Å². The predicted octanol–water partition coefficient (Wildman–Crippen LogP) is 6.27. The van der Waals surface area contributed by atoms with E-state index in [0.717, 1.165) is 78.4 Å². The molecule has 1 atom stereocenters. The molecule has 7 nitrogen and oxygen atoms in total. The third-order valence-corrected chi connectivity index (χ3v) is 8.60. The highest BCUT2D eigenvalue weighted by Gasteiger charge is 2.32. The van der Waals surface area contributed by atoms with Gasteiger partial charge in [0.25, 0.3) is 5.56 Å². The Hall–Kier alpha value is -3.36. The Bertz CT molecular complexity index is 1470. The second-order valence-electron chi connectivity index (χ2n) is 11.3. The summed E-state index contributed by atoms with van der Waals surface area (Å²) in [5.74, 6) is -0.0712. The van der Waals surface area contributed by atoms with Crippen LogP contribution in [0.5, 0.6) is 0 Å². The molecule has 1 saturated carbocycles. The van der Waals surface area contributed by atoms with Crippen molar-refractivity contribution in [1.82, 2.24) is 4.57 Å². The Morgan fingerprint density at radius 3 is 2.42 bits per heavy atom. The number of aryl methyl sites for hydroxylation is 1. The van der Waals surface area contributed by atoms with Crippen molar-refractivity contribution in [2.75, 3.05) is 7.11 Å². The zero-order valence-corrected chi connectivity index (χ0v) is 26.5. The number of carbonyl (C=O) groups is 2. The van der Waals surface area contributed by atoms with Crippen molar-refractivity contribution < 1.29 is 23.8 Å². The summed E-state index contributed by atoms with van der Waals surface area (Å²) in [6, 6.07) is 3.37. The first-order chi connectivity index (χ1) is 20.6. The lowest BCUT2D eigenvalue weighted by Crippen LogP contribution is -2.28. The lowest BCUT2D eigenvalue weighted by atomic mass is 9.79. The minimum Gasteiger partial charge on any atom is -0.381 e. The molecule has 1 amide bonds. The first kappa shape index (κ1) is 34.1. The Morgan fingerprint density at radius 1 is 1.19 bits per heavy atom. The van der Waals surface area contributed by atoms with E-state index in [4.69, 9.17) is 10.5 Å². The minimum absolute atomic E-state index is 0.0136. The molecule has 3 aliphatic rings. The number of carbonyl (C=O) groups excluding carboxylic acids is 2. The molecule has 0 radical (unpaired) electrons. The highest BCUT2D eigenvalue weighted by Crippen LogP contribution is 2.44.